The lowest BCUT2D eigenvalue weighted by Crippen LogP contribution is -2.42. The molecule has 0 spiro atoms. The van der Waals surface area contributed by atoms with Gasteiger partial charge in [0, 0.05) is 0 Å². The van der Waals surface area contributed by atoms with Gasteiger partial charge in [0.25, 0.3) is 0 Å². The molecule has 0 aromatic heterocycles. The standard InChI is InChI=1S/C15H21ClO4S/c1-10(2)13-15(16,20-21(17)19-13)18-12-8-6-11(7-9-12)14(3,4)5/h6-10,13H,1-5H3. The maximum atomic E-state index is 11.5. The summed E-state index contributed by atoms with van der Waals surface area (Å²) in [5.74, 6) is 0.550. The fraction of sp³-hybridized carbons (Fsp3) is 0.600. The average Bonchev–Trinajstić information content (AvgIpc) is 2.64. The first kappa shape index (κ1) is 16.7. The number of hydrogen-bond donors (Lipinski definition) is 0. The molecule has 4 nitrogen and oxygen atoms in total. The molecule has 0 N–H and O–H groups in total. The zero-order valence-electron chi connectivity index (χ0n) is 12.9. The molecule has 6 heteroatoms. The summed E-state index contributed by atoms with van der Waals surface area (Å²) in [6.45, 7) is 10.2. The van der Waals surface area contributed by atoms with E-state index in [1.807, 2.05) is 38.1 Å². The van der Waals surface area contributed by atoms with Crippen LogP contribution in [0.4, 0.5) is 0 Å². The van der Waals surface area contributed by atoms with Crippen molar-refractivity contribution in [2.75, 3.05) is 0 Å². The molecule has 21 heavy (non-hydrogen) atoms. The van der Waals surface area contributed by atoms with Gasteiger partial charge in [-0.3, -0.25) is 4.18 Å². The summed E-state index contributed by atoms with van der Waals surface area (Å²) in [6.07, 6.45) is -0.609. The highest BCUT2D eigenvalue weighted by Crippen LogP contribution is 2.39. The lowest BCUT2D eigenvalue weighted by molar-refractivity contribution is -0.0730. The minimum atomic E-state index is -1.89. The van der Waals surface area contributed by atoms with Crippen LogP contribution in [0.15, 0.2) is 24.3 Å². The van der Waals surface area contributed by atoms with Gasteiger partial charge in [-0.05, 0) is 40.6 Å². The smallest absolute Gasteiger partial charge is 0.334 e. The van der Waals surface area contributed by atoms with Gasteiger partial charge < -0.3 is 4.74 Å². The summed E-state index contributed by atoms with van der Waals surface area (Å²) in [4.78, 5) is 0. The largest absolute Gasteiger partial charge is 0.446 e. The van der Waals surface area contributed by atoms with Gasteiger partial charge >= 0.3 is 16.6 Å². The summed E-state index contributed by atoms with van der Waals surface area (Å²) in [5.41, 5.74) is 1.25. The summed E-state index contributed by atoms with van der Waals surface area (Å²) in [7, 11) is 0. The minimum Gasteiger partial charge on any atom is -0.446 e. The third kappa shape index (κ3) is 3.77. The first-order chi connectivity index (χ1) is 9.62. The van der Waals surface area contributed by atoms with E-state index in [9.17, 15) is 4.21 Å². The Morgan fingerprint density at radius 1 is 1.29 bits per heavy atom. The van der Waals surface area contributed by atoms with Crippen LogP contribution in [0.25, 0.3) is 0 Å². The van der Waals surface area contributed by atoms with Crippen LogP contribution in [0.3, 0.4) is 0 Å². The fourth-order valence-electron chi connectivity index (χ4n) is 2.07. The molecule has 3 unspecified atom stereocenters. The third-order valence-corrected chi connectivity index (χ3v) is 4.50. The van der Waals surface area contributed by atoms with Crippen molar-refractivity contribution in [3.8, 4) is 5.75 Å². The van der Waals surface area contributed by atoms with E-state index in [2.05, 4.69) is 20.8 Å². The van der Waals surface area contributed by atoms with Crippen LogP contribution in [0.1, 0.15) is 40.2 Å². The van der Waals surface area contributed by atoms with Crippen molar-refractivity contribution in [3.63, 3.8) is 0 Å². The molecule has 0 saturated carbocycles. The van der Waals surface area contributed by atoms with Crippen LogP contribution in [0, 0.1) is 5.92 Å². The van der Waals surface area contributed by atoms with E-state index in [1.165, 1.54) is 5.56 Å². The quantitative estimate of drug-likeness (QED) is 0.787. The summed E-state index contributed by atoms with van der Waals surface area (Å²) < 4.78 is 27.5. The predicted octanol–water partition coefficient (Wildman–Crippen LogP) is 3.91. The minimum absolute atomic E-state index is 0.00259. The highest BCUT2D eigenvalue weighted by Gasteiger charge is 2.53. The Hall–Kier alpha value is -0.620. The number of hydrogen-bond acceptors (Lipinski definition) is 4. The molecule has 0 amide bonds. The molecule has 1 aliphatic heterocycles. The van der Waals surface area contributed by atoms with Crippen LogP contribution in [-0.4, -0.2) is 15.6 Å². The average molecular weight is 333 g/mol. The first-order valence-corrected chi connectivity index (χ1v) is 8.26. The van der Waals surface area contributed by atoms with Crippen molar-refractivity contribution < 1.29 is 17.3 Å². The molecule has 1 aromatic carbocycles. The van der Waals surface area contributed by atoms with Gasteiger partial charge in [0.1, 0.15) is 5.75 Å². The molecular formula is C15H21ClO4S. The van der Waals surface area contributed by atoms with Crippen molar-refractivity contribution >= 4 is 23.0 Å². The van der Waals surface area contributed by atoms with E-state index in [0.717, 1.165) is 0 Å². The molecule has 3 atom stereocenters. The van der Waals surface area contributed by atoms with Gasteiger partial charge in [0.2, 0.25) is 0 Å². The molecule has 1 saturated heterocycles. The Morgan fingerprint density at radius 2 is 1.86 bits per heavy atom. The summed E-state index contributed by atoms with van der Waals surface area (Å²) in [5, 5.41) is -1.57. The molecule has 1 fully saturated rings. The molecule has 1 aliphatic rings. The monoisotopic (exact) mass is 332 g/mol. The Morgan fingerprint density at radius 3 is 2.33 bits per heavy atom. The SMILES string of the molecule is CC(C)C1OS(=O)OC1(Cl)Oc1ccc(C(C)(C)C)cc1. The van der Waals surface area contributed by atoms with E-state index >= 15 is 0 Å². The zero-order valence-corrected chi connectivity index (χ0v) is 14.5. The first-order valence-electron chi connectivity index (χ1n) is 6.89. The Bertz CT molecular complexity index is 523. The van der Waals surface area contributed by atoms with Crippen LogP contribution in [0.2, 0.25) is 0 Å². The van der Waals surface area contributed by atoms with Crippen LogP contribution in [-0.2, 0) is 25.1 Å². The van der Waals surface area contributed by atoms with E-state index in [-0.39, 0.29) is 11.3 Å². The second-order valence-electron chi connectivity index (χ2n) is 6.51. The number of rotatable bonds is 3. The van der Waals surface area contributed by atoms with Gasteiger partial charge in [-0.2, -0.15) is 4.21 Å². The lowest BCUT2D eigenvalue weighted by Gasteiger charge is -2.27. The Labute approximate surface area is 133 Å². The predicted molar refractivity (Wildman–Crippen MR) is 83.3 cm³/mol. The fourth-order valence-corrected chi connectivity index (χ4v) is 3.53. The van der Waals surface area contributed by atoms with E-state index in [0.29, 0.717) is 5.75 Å². The molecule has 2 rings (SSSR count). The normalized spacial score (nSPS) is 29.9. The molecule has 118 valence electrons. The lowest BCUT2D eigenvalue weighted by atomic mass is 9.87. The highest BCUT2D eigenvalue weighted by atomic mass is 35.5. The molecule has 0 radical (unpaired) electrons. The molecule has 1 aromatic rings. The number of alkyl halides is 1. The molecule has 0 aliphatic carbocycles. The zero-order chi connectivity index (χ0) is 15.8. The number of ether oxygens (including phenoxy) is 1. The molecular weight excluding hydrogens is 312 g/mol. The second kappa shape index (κ2) is 5.88. The van der Waals surface area contributed by atoms with Gasteiger partial charge in [-0.25, -0.2) is 4.18 Å². The number of benzene rings is 1. The van der Waals surface area contributed by atoms with E-state index < -0.39 is 22.7 Å². The van der Waals surface area contributed by atoms with Gasteiger partial charge in [-0.1, -0.05) is 46.8 Å². The highest BCUT2D eigenvalue weighted by molar-refractivity contribution is 7.75. The second-order valence-corrected chi connectivity index (χ2v) is 7.80. The van der Waals surface area contributed by atoms with E-state index in [1.54, 1.807) is 0 Å². The van der Waals surface area contributed by atoms with Crippen molar-refractivity contribution in [2.45, 2.75) is 51.4 Å². The Balaban J connectivity index is 2.18. The van der Waals surface area contributed by atoms with Gasteiger partial charge in [0.05, 0.1) is 0 Å². The maximum Gasteiger partial charge on any atom is 0.334 e. The van der Waals surface area contributed by atoms with Crippen LogP contribution < -0.4 is 4.74 Å². The number of halogens is 1. The topological polar surface area (TPSA) is 44.8 Å². The van der Waals surface area contributed by atoms with E-state index in [4.69, 9.17) is 24.7 Å². The van der Waals surface area contributed by atoms with Crippen molar-refractivity contribution in [2.24, 2.45) is 5.92 Å². The van der Waals surface area contributed by atoms with Crippen molar-refractivity contribution in [1.82, 2.24) is 0 Å². The summed E-state index contributed by atoms with van der Waals surface area (Å²) >= 11 is 4.44. The van der Waals surface area contributed by atoms with Gasteiger partial charge in [0.15, 0.2) is 6.10 Å². The van der Waals surface area contributed by atoms with Crippen LogP contribution >= 0.6 is 11.6 Å². The summed E-state index contributed by atoms with van der Waals surface area (Å²) in [6, 6.07) is 7.61. The third-order valence-electron chi connectivity index (χ3n) is 3.29. The van der Waals surface area contributed by atoms with Crippen molar-refractivity contribution in [3.05, 3.63) is 29.8 Å². The molecule has 0 bridgehead atoms. The maximum absolute atomic E-state index is 11.5. The Kier molecular flexibility index (Phi) is 4.69. The van der Waals surface area contributed by atoms with Crippen molar-refractivity contribution in [1.29, 1.82) is 0 Å². The van der Waals surface area contributed by atoms with Crippen LogP contribution in [0.5, 0.6) is 5.75 Å². The van der Waals surface area contributed by atoms with Gasteiger partial charge in [-0.15, -0.1) is 0 Å². The molecule has 1 heterocycles.